The summed E-state index contributed by atoms with van der Waals surface area (Å²) in [6.07, 6.45) is 0. The molecule has 6 heteroatoms. The molecule has 1 aliphatic rings. The van der Waals surface area contributed by atoms with E-state index in [9.17, 15) is 9.59 Å². The largest absolute Gasteiger partial charge is 0.497 e. The van der Waals surface area contributed by atoms with Crippen LogP contribution in [0.15, 0.2) is 78.5 Å². The number of methoxy groups -OCH3 is 1. The highest BCUT2D eigenvalue weighted by molar-refractivity contribution is 6.36. The lowest BCUT2D eigenvalue weighted by atomic mass is 10.0. The number of nitrogens with one attached hydrogen (secondary N) is 1. The number of aryl methyl sites for hydroxylation is 1. The van der Waals surface area contributed by atoms with Crippen LogP contribution in [0.3, 0.4) is 0 Å². The van der Waals surface area contributed by atoms with Gasteiger partial charge in [-0.3, -0.25) is 14.5 Å². The van der Waals surface area contributed by atoms with Crippen LogP contribution in [0.25, 0.3) is 5.57 Å². The number of benzene rings is 3. The molecule has 0 aliphatic carbocycles. The molecular formula is C25H21ClN2O3. The van der Waals surface area contributed by atoms with Gasteiger partial charge in [-0.25, -0.2) is 0 Å². The smallest absolute Gasteiger partial charge is 0.278 e. The Morgan fingerprint density at radius 1 is 0.871 bits per heavy atom. The van der Waals surface area contributed by atoms with Crippen LogP contribution >= 0.6 is 11.6 Å². The lowest BCUT2D eigenvalue weighted by Gasteiger charge is -2.15. The van der Waals surface area contributed by atoms with E-state index in [1.54, 1.807) is 55.6 Å². The number of carbonyl (C=O) groups is 2. The highest BCUT2D eigenvalue weighted by atomic mass is 35.5. The Hall–Kier alpha value is -3.57. The van der Waals surface area contributed by atoms with Crippen LogP contribution < -0.4 is 10.1 Å². The lowest BCUT2D eigenvalue weighted by molar-refractivity contribution is -0.137. The second kappa shape index (κ2) is 8.66. The minimum atomic E-state index is -0.369. The monoisotopic (exact) mass is 432 g/mol. The average Bonchev–Trinajstić information content (AvgIpc) is 3.00. The van der Waals surface area contributed by atoms with Gasteiger partial charge in [0.2, 0.25) is 0 Å². The van der Waals surface area contributed by atoms with E-state index in [-0.39, 0.29) is 24.1 Å². The predicted octanol–water partition coefficient (Wildman–Crippen LogP) is 5.05. The molecule has 3 aromatic rings. The third-order valence-electron chi connectivity index (χ3n) is 5.12. The maximum absolute atomic E-state index is 13.3. The lowest BCUT2D eigenvalue weighted by Crippen LogP contribution is -2.32. The van der Waals surface area contributed by atoms with Gasteiger partial charge in [-0.1, -0.05) is 53.6 Å². The number of anilines is 1. The summed E-state index contributed by atoms with van der Waals surface area (Å²) in [7, 11) is 1.59. The zero-order valence-electron chi connectivity index (χ0n) is 17.2. The molecule has 0 saturated carbocycles. The Bertz CT molecular complexity index is 1150. The summed E-state index contributed by atoms with van der Waals surface area (Å²) >= 11 is 6.02. The van der Waals surface area contributed by atoms with E-state index in [1.165, 1.54) is 4.90 Å². The van der Waals surface area contributed by atoms with Crippen molar-refractivity contribution in [2.45, 2.75) is 13.5 Å². The van der Waals surface area contributed by atoms with Crippen molar-refractivity contribution in [3.63, 3.8) is 0 Å². The number of hydrogen-bond donors (Lipinski definition) is 1. The van der Waals surface area contributed by atoms with Crippen LogP contribution in [0.5, 0.6) is 5.75 Å². The summed E-state index contributed by atoms with van der Waals surface area (Å²) in [5.74, 6) is -0.0115. The summed E-state index contributed by atoms with van der Waals surface area (Å²) in [6.45, 7) is 2.19. The van der Waals surface area contributed by atoms with Crippen LogP contribution in [-0.4, -0.2) is 23.8 Å². The molecule has 0 spiro atoms. The Balaban J connectivity index is 1.71. The van der Waals surface area contributed by atoms with Crippen molar-refractivity contribution in [3.8, 4) is 5.75 Å². The third-order valence-corrected chi connectivity index (χ3v) is 5.37. The van der Waals surface area contributed by atoms with Crippen LogP contribution in [0.2, 0.25) is 5.02 Å². The summed E-state index contributed by atoms with van der Waals surface area (Å²) in [5.41, 5.74) is 3.87. The van der Waals surface area contributed by atoms with Crippen molar-refractivity contribution in [3.05, 3.63) is 100 Å². The Kier molecular flexibility index (Phi) is 5.78. The molecule has 1 N–H and O–H groups in total. The number of carbonyl (C=O) groups excluding carboxylic acids is 2. The van der Waals surface area contributed by atoms with Gasteiger partial charge in [-0.15, -0.1) is 0 Å². The number of rotatable bonds is 6. The van der Waals surface area contributed by atoms with E-state index < -0.39 is 0 Å². The maximum Gasteiger partial charge on any atom is 0.278 e. The van der Waals surface area contributed by atoms with Gasteiger partial charge in [0.05, 0.1) is 19.2 Å². The average molecular weight is 433 g/mol. The molecular weight excluding hydrogens is 412 g/mol. The normalized spacial score (nSPS) is 13.7. The fraction of sp³-hybridized carbons (Fsp3) is 0.120. The van der Waals surface area contributed by atoms with E-state index >= 15 is 0 Å². The number of imide groups is 1. The number of amides is 2. The molecule has 156 valence electrons. The number of ether oxygens (including phenoxy) is 1. The van der Waals surface area contributed by atoms with Crippen molar-refractivity contribution >= 4 is 34.7 Å². The first-order valence-corrected chi connectivity index (χ1v) is 10.2. The molecule has 0 saturated heterocycles. The molecule has 0 bridgehead atoms. The van der Waals surface area contributed by atoms with Crippen LogP contribution in [-0.2, 0) is 16.1 Å². The van der Waals surface area contributed by atoms with E-state index in [4.69, 9.17) is 16.3 Å². The third kappa shape index (κ3) is 4.32. The summed E-state index contributed by atoms with van der Waals surface area (Å²) < 4.78 is 5.19. The minimum Gasteiger partial charge on any atom is -0.497 e. The highest BCUT2D eigenvalue weighted by Gasteiger charge is 2.39. The number of nitrogens with zero attached hydrogens (tertiary/aromatic N) is 1. The van der Waals surface area contributed by atoms with Crippen molar-refractivity contribution in [1.82, 2.24) is 4.90 Å². The SMILES string of the molecule is COc1ccc(NC2=C(c3ccc(Cl)cc3)C(=O)N(Cc3ccc(C)cc3)C2=O)cc1. The van der Waals surface area contributed by atoms with Crippen molar-refractivity contribution < 1.29 is 14.3 Å². The second-order valence-electron chi connectivity index (χ2n) is 7.29. The Labute approximate surface area is 185 Å². The molecule has 0 fully saturated rings. The fourth-order valence-electron chi connectivity index (χ4n) is 3.41. The first-order chi connectivity index (χ1) is 15.0. The van der Waals surface area contributed by atoms with Gasteiger partial charge in [0, 0.05) is 10.7 Å². The second-order valence-corrected chi connectivity index (χ2v) is 7.73. The van der Waals surface area contributed by atoms with Gasteiger partial charge >= 0.3 is 0 Å². The first-order valence-electron chi connectivity index (χ1n) is 9.79. The standard InChI is InChI=1S/C25H21ClN2O3/c1-16-3-5-17(6-4-16)15-28-24(29)22(18-7-9-19(26)10-8-18)23(25(28)30)27-20-11-13-21(31-2)14-12-20/h3-14,27H,15H2,1-2H3. The van der Waals surface area contributed by atoms with Crippen LogP contribution in [0, 0.1) is 6.92 Å². The summed E-state index contributed by atoms with van der Waals surface area (Å²) in [6, 6.07) is 21.8. The van der Waals surface area contributed by atoms with Crippen molar-refractivity contribution in [1.29, 1.82) is 0 Å². The van der Waals surface area contributed by atoms with Gasteiger partial charge in [-0.05, 0) is 54.4 Å². The molecule has 0 unspecified atom stereocenters. The molecule has 0 aromatic heterocycles. The molecule has 3 aromatic carbocycles. The van der Waals surface area contributed by atoms with Gasteiger partial charge in [0.1, 0.15) is 11.4 Å². The molecule has 5 nitrogen and oxygen atoms in total. The Morgan fingerprint density at radius 2 is 1.52 bits per heavy atom. The molecule has 0 radical (unpaired) electrons. The fourth-order valence-corrected chi connectivity index (χ4v) is 3.54. The summed E-state index contributed by atoms with van der Waals surface area (Å²) in [5, 5.41) is 3.70. The zero-order valence-corrected chi connectivity index (χ0v) is 17.9. The van der Waals surface area contributed by atoms with E-state index in [2.05, 4.69) is 5.32 Å². The maximum atomic E-state index is 13.3. The number of halogens is 1. The molecule has 0 atom stereocenters. The van der Waals surface area contributed by atoms with Gasteiger partial charge in [0.25, 0.3) is 11.8 Å². The van der Waals surface area contributed by atoms with Gasteiger partial charge < -0.3 is 10.1 Å². The van der Waals surface area contributed by atoms with Crippen molar-refractivity contribution in [2.24, 2.45) is 0 Å². The van der Waals surface area contributed by atoms with E-state index in [0.29, 0.717) is 27.6 Å². The van der Waals surface area contributed by atoms with E-state index in [0.717, 1.165) is 11.1 Å². The van der Waals surface area contributed by atoms with Crippen LogP contribution in [0.4, 0.5) is 5.69 Å². The van der Waals surface area contributed by atoms with E-state index in [1.807, 2.05) is 31.2 Å². The molecule has 2 amide bonds. The minimum absolute atomic E-state index is 0.197. The van der Waals surface area contributed by atoms with Crippen LogP contribution in [0.1, 0.15) is 16.7 Å². The van der Waals surface area contributed by atoms with Gasteiger partial charge in [-0.2, -0.15) is 0 Å². The zero-order chi connectivity index (χ0) is 22.0. The van der Waals surface area contributed by atoms with Crippen molar-refractivity contribution in [2.75, 3.05) is 12.4 Å². The number of hydrogen-bond acceptors (Lipinski definition) is 4. The highest BCUT2D eigenvalue weighted by Crippen LogP contribution is 2.32. The Morgan fingerprint density at radius 3 is 2.13 bits per heavy atom. The predicted molar refractivity (Wildman–Crippen MR) is 122 cm³/mol. The molecule has 1 aliphatic heterocycles. The molecule has 31 heavy (non-hydrogen) atoms. The topological polar surface area (TPSA) is 58.6 Å². The first kappa shape index (κ1) is 20.7. The quantitative estimate of drug-likeness (QED) is 0.554. The molecule has 1 heterocycles. The summed E-state index contributed by atoms with van der Waals surface area (Å²) in [4.78, 5) is 27.9. The molecule has 4 rings (SSSR count). The van der Waals surface area contributed by atoms with Gasteiger partial charge in [0.15, 0.2) is 0 Å².